The van der Waals surface area contributed by atoms with E-state index >= 15 is 0 Å². The molecule has 6 N–H and O–H groups in total. The average molecular weight is 489 g/mol. The summed E-state index contributed by atoms with van der Waals surface area (Å²) in [5.74, 6) is 2.06. The Morgan fingerprint density at radius 1 is 0.833 bits per heavy atom. The van der Waals surface area contributed by atoms with Crippen LogP contribution in [0.5, 0.6) is 11.5 Å². The third-order valence-corrected chi connectivity index (χ3v) is 5.64. The van der Waals surface area contributed by atoms with Gasteiger partial charge in [0.2, 0.25) is 6.29 Å². The van der Waals surface area contributed by atoms with Crippen LogP contribution in [0.1, 0.15) is 37.3 Å². The Kier molecular flexibility index (Phi) is 7.60. The minimum absolute atomic E-state index is 0.0356. The number of furan rings is 1. The fourth-order valence-electron chi connectivity index (χ4n) is 3.68. The Balaban J connectivity index is 1.48. The van der Waals surface area contributed by atoms with Gasteiger partial charge in [0.15, 0.2) is 11.7 Å². The molecule has 4 aromatic rings. The Morgan fingerprint density at radius 3 is 2.03 bits per heavy atom. The summed E-state index contributed by atoms with van der Waals surface area (Å²) in [6.45, 7) is 2.11. The highest BCUT2D eigenvalue weighted by molar-refractivity contribution is 6.00. The SMILES string of the molecule is CCCCC(Oc1ccc(C(N)=NO)cc1)Oc1ccc(-c2cc3cc(C(N)=NO)ccc3o2)cc1. The molecule has 186 valence electrons. The van der Waals surface area contributed by atoms with Crippen molar-refractivity contribution in [3.05, 3.63) is 83.9 Å². The molecule has 1 atom stereocenters. The van der Waals surface area contributed by atoms with Gasteiger partial charge in [-0.1, -0.05) is 23.7 Å². The Morgan fingerprint density at radius 2 is 1.42 bits per heavy atom. The number of nitrogens with zero attached hydrogens (tertiary/aromatic N) is 2. The third-order valence-electron chi connectivity index (χ3n) is 5.64. The highest BCUT2D eigenvalue weighted by Gasteiger charge is 2.14. The summed E-state index contributed by atoms with van der Waals surface area (Å²) in [7, 11) is 0. The summed E-state index contributed by atoms with van der Waals surface area (Å²) in [6, 6.07) is 21.8. The van der Waals surface area contributed by atoms with Crippen molar-refractivity contribution in [2.75, 3.05) is 0 Å². The molecule has 0 aliphatic carbocycles. The maximum absolute atomic E-state index is 8.90. The van der Waals surface area contributed by atoms with Crippen LogP contribution in [0.15, 0.2) is 87.5 Å². The molecular formula is C27H28N4O5. The highest BCUT2D eigenvalue weighted by atomic mass is 16.7. The number of hydrogen-bond donors (Lipinski definition) is 4. The average Bonchev–Trinajstić information content (AvgIpc) is 3.35. The van der Waals surface area contributed by atoms with E-state index in [0.717, 1.165) is 23.8 Å². The number of unbranched alkanes of at least 4 members (excludes halogenated alkanes) is 1. The molecule has 0 amide bonds. The molecule has 9 nitrogen and oxygen atoms in total. The largest absolute Gasteiger partial charge is 0.456 e. The second-order valence-electron chi connectivity index (χ2n) is 8.19. The zero-order valence-corrected chi connectivity index (χ0v) is 19.8. The maximum atomic E-state index is 8.90. The van der Waals surface area contributed by atoms with Crippen molar-refractivity contribution in [1.29, 1.82) is 0 Å². The Bertz CT molecular complexity index is 1360. The van der Waals surface area contributed by atoms with Gasteiger partial charge in [0.25, 0.3) is 0 Å². The van der Waals surface area contributed by atoms with E-state index in [4.69, 9.17) is 35.8 Å². The van der Waals surface area contributed by atoms with Crippen LogP contribution in [0, 0.1) is 0 Å². The maximum Gasteiger partial charge on any atom is 0.241 e. The minimum atomic E-state index is -0.478. The summed E-state index contributed by atoms with van der Waals surface area (Å²) in [6.07, 6.45) is 2.19. The van der Waals surface area contributed by atoms with Gasteiger partial charge in [-0.2, -0.15) is 0 Å². The molecule has 0 fully saturated rings. The quantitative estimate of drug-likeness (QED) is 0.0781. The second kappa shape index (κ2) is 11.2. The van der Waals surface area contributed by atoms with Gasteiger partial charge in [-0.05, 0) is 79.2 Å². The van der Waals surface area contributed by atoms with Crippen molar-refractivity contribution in [3.63, 3.8) is 0 Å². The van der Waals surface area contributed by atoms with Gasteiger partial charge in [0.1, 0.15) is 22.8 Å². The van der Waals surface area contributed by atoms with Crippen LogP contribution in [0.4, 0.5) is 0 Å². The molecule has 4 rings (SSSR count). The molecule has 0 saturated heterocycles. The number of fused-ring (bicyclic) bond motifs is 1. The van der Waals surface area contributed by atoms with Crippen LogP contribution in [0.25, 0.3) is 22.3 Å². The predicted molar refractivity (Wildman–Crippen MR) is 138 cm³/mol. The van der Waals surface area contributed by atoms with Crippen LogP contribution < -0.4 is 20.9 Å². The lowest BCUT2D eigenvalue weighted by atomic mass is 10.1. The zero-order valence-electron chi connectivity index (χ0n) is 19.8. The van der Waals surface area contributed by atoms with E-state index in [1.165, 1.54) is 0 Å². The van der Waals surface area contributed by atoms with Gasteiger partial charge in [-0.3, -0.25) is 0 Å². The van der Waals surface area contributed by atoms with Gasteiger partial charge < -0.3 is 35.8 Å². The first kappa shape index (κ1) is 24.5. The van der Waals surface area contributed by atoms with E-state index in [2.05, 4.69) is 17.2 Å². The summed E-state index contributed by atoms with van der Waals surface area (Å²) in [5, 5.41) is 24.6. The molecule has 0 aliphatic heterocycles. The smallest absolute Gasteiger partial charge is 0.241 e. The first-order valence-electron chi connectivity index (χ1n) is 11.5. The molecule has 9 heteroatoms. The second-order valence-corrected chi connectivity index (χ2v) is 8.19. The number of ether oxygens (including phenoxy) is 2. The Labute approximate surface area is 208 Å². The van der Waals surface area contributed by atoms with Crippen LogP contribution in [-0.2, 0) is 0 Å². The number of hydrogen-bond acceptors (Lipinski definition) is 7. The third kappa shape index (κ3) is 5.69. The van der Waals surface area contributed by atoms with Crippen LogP contribution in [0.2, 0.25) is 0 Å². The van der Waals surface area contributed by atoms with E-state index < -0.39 is 6.29 Å². The van der Waals surface area contributed by atoms with E-state index in [9.17, 15) is 0 Å². The molecule has 0 aliphatic rings. The molecule has 1 aromatic heterocycles. The lowest BCUT2D eigenvalue weighted by Gasteiger charge is -2.21. The molecule has 3 aromatic carbocycles. The number of oxime groups is 2. The van der Waals surface area contributed by atoms with Crippen molar-refractivity contribution >= 4 is 22.6 Å². The van der Waals surface area contributed by atoms with Crippen molar-refractivity contribution < 1.29 is 24.3 Å². The lowest BCUT2D eigenvalue weighted by Crippen LogP contribution is -2.24. The van der Waals surface area contributed by atoms with Crippen molar-refractivity contribution in [1.82, 2.24) is 0 Å². The Hall–Kier alpha value is -4.66. The van der Waals surface area contributed by atoms with Crippen molar-refractivity contribution in [2.24, 2.45) is 21.8 Å². The molecule has 1 unspecified atom stereocenters. The topological polar surface area (TPSA) is 149 Å². The number of rotatable bonds is 10. The van der Waals surface area contributed by atoms with Crippen LogP contribution in [0.3, 0.4) is 0 Å². The number of amidine groups is 2. The number of nitrogens with two attached hydrogens (primary N) is 2. The van der Waals surface area contributed by atoms with Gasteiger partial charge in [-0.25, -0.2) is 0 Å². The predicted octanol–water partition coefficient (Wildman–Crippen LogP) is 5.26. The van der Waals surface area contributed by atoms with Crippen LogP contribution in [-0.4, -0.2) is 28.4 Å². The highest BCUT2D eigenvalue weighted by Crippen LogP contribution is 2.30. The molecule has 0 spiro atoms. The molecular weight excluding hydrogens is 460 g/mol. The normalized spacial score (nSPS) is 13.0. The first-order valence-corrected chi connectivity index (χ1v) is 11.5. The number of benzene rings is 3. The summed E-state index contributed by atoms with van der Waals surface area (Å²) in [5.41, 5.74) is 14.1. The lowest BCUT2D eigenvalue weighted by molar-refractivity contribution is -0.00211. The van der Waals surface area contributed by atoms with Crippen molar-refractivity contribution in [3.8, 4) is 22.8 Å². The van der Waals surface area contributed by atoms with Gasteiger partial charge in [-0.15, -0.1) is 0 Å². The fourth-order valence-corrected chi connectivity index (χ4v) is 3.68. The van der Waals surface area contributed by atoms with Crippen LogP contribution >= 0.6 is 0 Å². The van der Waals surface area contributed by atoms with Gasteiger partial charge >= 0.3 is 0 Å². The summed E-state index contributed by atoms with van der Waals surface area (Å²) < 4.78 is 18.2. The van der Waals surface area contributed by atoms with E-state index in [1.54, 1.807) is 36.4 Å². The molecule has 1 heterocycles. The molecule has 0 bridgehead atoms. The van der Waals surface area contributed by atoms with E-state index in [1.807, 2.05) is 36.4 Å². The van der Waals surface area contributed by atoms with Crippen molar-refractivity contribution in [2.45, 2.75) is 32.5 Å². The van der Waals surface area contributed by atoms with E-state index in [0.29, 0.717) is 40.4 Å². The van der Waals surface area contributed by atoms with Gasteiger partial charge in [0, 0.05) is 28.5 Å². The molecule has 36 heavy (non-hydrogen) atoms. The van der Waals surface area contributed by atoms with Gasteiger partial charge in [0.05, 0.1) is 0 Å². The molecule has 0 radical (unpaired) electrons. The molecule has 0 saturated carbocycles. The first-order chi connectivity index (χ1) is 17.5. The van der Waals surface area contributed by atoms with E-state index in [-0.39, 0.29) is 11.7 Å². The minimum Gasteiger partial charge on any atom is -0.456 e. The summed E-state index contributed by atoms with van der Waals surface area (Å²) in [4.78, 5) is 0. The zero-order chi connectivity index (χ0) is 25.5. The fraction of sp³-hybridized carbons (Fsp3) is 0.185. The standard InChI is InChI=1S/C27H28N4O5/c1-2-3-4-25(35-22-12-7-18(8-13-22)26(28)30-32)34-21-10-5-17(6-11-21)24-16-20-15-19(27(29)31-33)9-14-23(20)36-24/h5-16,25,32-33H,2-4H2,1H3,(H2,28,30)(H2,29,31). The monoisotopic (exact) mass is 488 g/mol. The summed E-state index contributed by atoms with van der Waals surface area (Å²) >= 11 is 0.